The average molecular weight is 696 g/mol. The fourth-order valence-electron chi connectivity index (χ4n) is 7.92. The van der Waals surface area contributed by atoms with Crippen LogP contribution >= 0.6 is 0 Å². The van der Waals surface area contributed by atoms with E-state index in [1.165, 1.54) is 13.0 Å². The smallest absolute Gasteiger partial charge is 0.269 e. The minimum atomic E-state index is -0.887. The van der Waals surface area contributed by atoms with Gasteiger partial charge in [-0.25, -0.2) is 0 Å². The lowest BCUT2D eigenvalue weighted by atomic mass is 9.75. The molecule has 4 aromatic carbocycles. The molecule has 0 spiro atoms. The molecule has 0 fully saturated rings. The number of nitrogen functional groups attached to an aromatic ring is 1. The van der Waals surface area contributed by atoms with Crippen LogP contribution in [-0.2, 0) is 33.5 Å². The molecular weight excluding hydrogens is 652 g/mol. The summed E-state index contributed by atoms with van der Waals surface area (Å²) in [6.45, 7) is 10.2. The number of allylic oxidation sites excluding steroid dienone is 4. The van der Waals surface area contributed by atoms with Crippen LogP contribution in [-0.4, -0.2) is 33.1 Å². The molecule has 0 saturated carbocycles. The van der Waals surface area contributed by atoms with Crippen LogP contribution in [0.15, 0.2) is 109 Å². The first-order chi connectivity index (χ1) is 24.7. The Morgan fingerprint density at radius 1 is 0.865 bits per heavy atom. The van der Waals surface area contributed by atoms with E-state index in [-0.39, 0.29) is 30.1 Å². The number of aldehydes is 1. The summed E-state index contributed by atoms with van der Waals surface area (Å²) in [5, 5.41) is 11.9. The third-order valence-electron chi connectivity index (χ3n) is 10.3. The van der Waals surface area contributed by atoms with Gasteiger partial charge in [-0.15, -0.1) is 0 Å². The zero-order chi connectivity index (χ0) is 37.4. The fraction of sp³-hybridized carbons (Fsp3) is 0.256. The van der Waals surface area contributed by atoms with Gasteiger partial charge in [0.1, 0.15) is 17.9 Å². The van der Waals surface area contributed by atoms with Gasteiger partial charge in [0, 0.05) is 82.8 Å². The number of fused-ring (bicyclic) bond motifs is 2. The topological polar surface area (TPSA) is 127 Å². The number of aryl methyl sites for hydroxylation is 1. The highest BCUT2D eigenvalue weighted by molar-refractivity contribution is 6.06. The summed E-state index contributed by atoms with van der Waals surface area (Å²) in [5.74, 6) is -0.00510. The molecule has 0 radical (unpaired) electrons. The van der Waals surface area contributed by atoms with Gasteiger partial charge in [-0.05, 0) is 70.0 Å². The van der Waals surface area contributed by atoms with Gasteiger partial charge in [0.15, 0.2) is 12.3 Å². The first kappa shape index (κ1) is 35.9. The number of hydrogen-bond acceptors (Lipinski definition) is 7. The number of nitrogens with zero attached hydrogens (tertiary/aromatic N) is 3. The van der Waals surface area contributed by atoms with Gasteiger partial charge in [-0.3, -0.25) is 24.5 Å². The number of hydrogen-bond donors (Lipinski definition) is 1. The highest BCUT2D eigenvalue weighted by Gasteiger charge is 2.49. The third-order valence-corrected chi connectivity index (χ3v) is 10.3. The number of nitrogens with two attached hydrogens (primary N) is 1. The summed E-state index contributed by atoms with van der Waals surface area (Å²) in [6, 6.07) is 26.3. The first-order valence-electron chi connectivity index (χ1n) is 17.3. The summed E-state index contributed by atoms with van der Waals surface area (Å²) < 4.78 is 2.24. The molecular formula is C43H43N4O5+. The Morgan fingerprint density at radius 3 is 2.15 bits per heavy atom. The van der Waals surface area contributed by atoms with E-state index in [1.807, 2.05) is 55.5 Å². The highest BCUT2D eigenvalue weighted by Crippen LogP contribution is 2.52. The van der Waals surface area contributed by atoms with Crippen molar-refractivity contribution in [3.63, 3.8) is 0 Å². The maximum absolute atomic E-state index is 12.9. The van der Waals surface area contributed by atoms with Gasteiger partial charge < -0.3 is 10.6 Å². The Balaban J connectivity index is 1.53. The summed E-state index contributed by atoms with van der Waals surface area (Å²) in [5.41, 5.74) is 14.2. The van der Waals surface area contributed by atoms with Crippen LogP contribution < -0.4 is 10.6 Å². The zero-order valence-electron chi connectivity index (χ0n) is 30.2. The number of carbonyl (C=O) groups is 3. The molecule has 9 heteroatoms. The van der Waals surface area contributed by atoms with Crippen molar-refractivity contribution in [3.8, 4) is 0 Å². The van der Waals surface area contributed by atoms with Crippen LogP contribution in [0.3, 0.4) is 0 Å². The number of benzene rings is 4. The first-order valence-corrected chi connectivity index (χ1v) is 17.3. The number of Topliss-reactive ketones (excluding diaryl/α,β-unsaturated/α-hetero) is 2. The number of ketones is 2. The Morgan fingerprint density at radius 2 is 1.52 bits per heavy atom. The Bertz CT molecular complexity index is 2200. The Labute approximate surface area is 303 Å². The van der Waals surface area contributed by atoms with Crippen LogP contribution in [0.2, 0.25) is 0 Å². The molecule has 52 heavy (non-hydrogen) atoms. The van der Waals surface area contributed by atoms with Gasteiger partial charge in [0.25, 0.3) is 5.69 Å². The molecule has 264 valence electrons. The third kappa shape index (κ3) is 6.74. The van der Waals surface area contributed by atoms with Crippen LogP contribution in [0.25, 0.3) is 0 Å². The van der Waals surface area contributed by atoms with E-state index in [0.717, 1.165) is 51.3 Å². The number of nitro benzene ring substituents is 1. The standard InChI is InChI=1S/C43H43N4O5/c1-28-9-11-31(12-10-28)25-45-38-19-17-34(44)21-36(38)42(4,23-29(2)49)40(45)7-6-8-41-43(5,24-30(3)50)37-22-35(47(51)52)18-20-39(37)46(41)26-32-13-15-33(27-48)16-14-32/h6-22,27H,23-26,44H2,1-5H3/q+1. The minimum Gasteiger partial charge on any atom is -0.399 e. The number of non-ortho nitro benzene ring substituents is 1. The summed E-state index contributed by atoms with van der Waals surface area (Å²) in [7, 11) is 0. The van der Waals surface area contributed by atoms with Crippen LogP contribution in [0, 0.1) is 17.0 Å². The van der Waals surface area contributed by atoms with Crippen LogP contribution in [0.1, 0.15) is 78.7 Å². The van der Waals surface area contributed by atoms with Crippen LogP contribution in [0.5, 0.6) is 0 Å². The molecule has 0 bridgehead atoms. The highest BCUT2D eigenvalue weighted by atomic mass is 16.6. The summed E-state index contributed by atoms with van der Waals surface area (Å²) in [4.78, 5) is 50.7. The second kappa shape index (κ2) is 14.0. The molecule has 2 heterocycles. The maximum atomic E-state index is 12.9. The lowest BCUT2D eigenvalue weighted by Gasteiger charge is -2.29. The zero-order valence-corrected chi connectivity index (χ0v) is 30.2. The molecule has 2 aliphatic heterocycles. The van der Waals surface area contributed by atoms with E-state index >= 15 is 0 Å². The quantitative estimate of drug-likeness (QED) is 0.0520. The van der Waals surface area contributed by atoms with Crippen molar-refractivity contribution in [1.82, 2.24) is 0 Å². The second-order valence-electron chi connectivity index (χ2n) is 14.5. The SMILES string of the molecule is CC(=O)CC1(C)C(/C=C/C=C2/N(Cc3ccc(C=O)cc3)c3ccc([N+](=O)[O-])cc3C2(C)CC(C)=O)=[N+](Cc2ccc(C)cc2)c2ccc(N)cc21. The van der Waals surface area contributed by atoms with E-state index in [1.54, 1.807) is 31.2 Å². The monoisotopic (exact) mass is 695 g/mol. The Hall–Kier alpha value is -5.96. The molecule has 2 atom stereocenters. The normalized spacial score (nSPS) is 20.0. The van der Waals surface area contributed by atoms with Gasteiger partial charge in [-0.2, -0.15) is 4.58 Å². The predicted molar refractivity (Wildman–Crippen MR) is 204 cm³/mol. The molecule has 2 N–H and O–H groups in total. The van der Waals surface area contributed by atoms with E-state index in [0.29, 0.717) is 29.9 Å². The van der Waals surface area contributed by atoms with Crippen LogP contribution in [0.4, 0.5) is 22.7 Å². The van der Waals surface area contributed by atoms with Crippen molar-refractivity contribution in [3.05, 3.63) is 152 Å². The van der Waals surface area contributed by atoms with Crippen molar-refractivity contribution in [2.24, 2.45) is 0 Å². The molecule has 4 aromatic rings. The molecule has 6 rings (SSSR count). The summed E-state index contributed by atoms with van der Waals surface area (Å²) >= 11 is 0. The second-order valence-corrected chi connectivity index (χ2v) is 14.5. The number of carbonyl (C=O) groups excluding carboxylic acids is 3. The van der Waals surface area contributed by atoms with Gasteiger partial charge in [0.2, 0.25) is 5.69 Å². The van der Waals surface area contributed by atoms with E-state index < -0.39 is 15.8 Å². The van der Waals surface area contributed by atoms with E-state index in [2.05, 4.69) is 47.6 Å². The lowest BCUT2D eigenvalue weighted by Crippen LogP contribution is -2.33. The molecule has 9 nitrogen and oxygen atoms in total. The van der Waals surface area contributed by atoms with E-state index in [4.69, 9.17) is 5.73 Å². The molecule has 2 aliphatic rings. The van der Waals surface area contributed by atoms with Crippen molar-refractivity contribution in [2.75, 3.05) is 10.6 Å². The molecule has 0 amide bonds. The summed E-state index contributed by atoms with van der Waals surface area (Å²) in [6.07, 6.45) is 7.17. The van der Waals surface area contributed by atoms with Crippen molar-refractivity contribution >= 4 is 46.3 Å². The molecule has 0 saturated heterocycles. The van der Waals surface area contributed by atoms with Gasteiger partial charge in [-0.1, -0.05) is 60.2 Å². The minimum absolute atomic E-state index is 0.0472. The molecule has 0 aliphatic carbocycles. The number of nitro groups is 1. The largest absolute Gasteiger partial charge is 0.399 e. The predicted octanol–water partition coefficient (Wildman–Crippen LogP) is 8.23. The lowest BCUT2D eigenvalue weighted by molar-refractivity contribution is -0.455. The van der Waals surface area contributed by atoms with Crippen molar-refractivity contribution in [2.45, 2.75) is 71.4 Å². The fourth-order valence-corrected chi connectivity index (χ4v) is 7.92. The van der Waals surface area contributed by atoms with Crippen molar-refractivity contribution in [1.29, 1.82) is 0 Å². The number of anilines is 2. The van der Waals surface area contributed by atoms with Gasteiger partial charge >= 0.3 is 0 Å². The molecule has 0 aromatic heterocycles. The van der Waals surface area contributed by atoms with Gasteiger partial charge in [0.05, 0.1) is 10.3 Å². The number of rotatable bonds is 12. The molecule has 2 unspecified atom stereocenters. The van der Waals surface area contributed by atoms with Crippen molar-refractivity contribution < 1.29 is 23.9 Å². The average Bonchev–Trinajstić information content (AvgIpc) is 3.44. The Kier molecular flexibility index (Phi) is 9.64. The van der Waals surface area contributed by atoms with E-state index in [9.17, 15) is 24.5 Å². The maximum Gasteiger partial charge on any atom is 0.269 e.